The Hall–Kier alpha value is -1.35. The van der Waals surface area contributed by atoms with Crippen molar-refractivity contribution in [3.63, 3.8) is 0 Å². The lowest BCUT2D eigenvalue weighted by atomic mass is 9.93. The Labute approximate surface area is 122 Å². The molecule has 1 aromatic carbocycles. The molecule has 0 atom stereocenters. The van der Waals surface area contributed by atoms with E-state index in [1.54, 1.807) is 12.1 Å². The van der Waals surface area contributed by atoms with Gasteiger partial charge in [-0.3, -0.25) is 0 Å². The van der Waals surface area contributed by atoms with Crippen molar-refractivity contribution in [3.8, 4) is 0 Å². The van der Waals surface area contributed by atoms with Crippen molar-refractivity contribution in [2.75, 3.05) is 33.3 Å². The van der Waals surface area contributed by atoms with Crippen LogP contribution in [0, 0.1) is 5.92 Å². The van der Waals surface area contributed by atoms with Gasteiger partial charge in [-0.25, -0.2) is 4.79 Å². The number of rotatable bonds is 5. The molecular formula is C17H26NO2+. The van der Waals surface area contributed by atoms with Crippen molar-refractivity contribution in [2.45, 2.75) is 26.2 Å². The van der Waals surface area contributed by atoms with Crippen molar-refractivity contribution in [2.24, 2.45) is 5.92 Å². The number of ether oxygens (including phenoxy) is 1. The first-order chi connectivity index (χ1) is 9.63. The lowest BCUT2D eigenvalue weighted by Gasteiger charge is -2.40. The molecule has 1 aliphatic heterocycles. The molecule has 1 aromatic rings. The van der Waals surface area contributed by atoms with Crippen molar-refractivity contribution < 1.29 is 14.0 Å². The summed E-state index contributed by atoms with van der Waals surface area (Å²) in [7, 11) is 2.28. The standard InChI is InChI=1S/C17H26NO2/c1-3-15-9-11-18(2,12-10-15)13-14-20-17(19)16-7-5-4-6-8-16/h4-8,15H,3,9-14H2,1-2H3/q+1. The topological polar surface area (TPSA) is 26.3 Å². The number of quaternary nitrogens is 1. The van der Waals surface area contributed by atoms with Crippen LogP contribution in [0.2, 0.25) is 0 Å². The number of hydrogen-bond donors (Lipinski definition) is 0. The van der Waals surface area contributed by atoms with Crippen LogP contribution in [0.15, 0.2) is 30.3 Å². The van der Waals surface area contributed by atoms with E-state index >= 15 is 0 Å². The molecule has 1 aliphatic rings. The SMILES string of the molecule is CCC1CC[N+](C)(CCOC(=O)c2ccccc2)CC1. The molecule has 3 heteroatoms. The maximum Gasteiger partial charge on any atom is 0.338 e. The van der Waals surface area contributed by atoms with Gasteiger partial charge in [0.05, 0.1) is 25.7 Å². The molecule has 0 saturated carbocycles. The third kappa shape index (κ3) is 4.07. The zero-order valence-electron chi connectivity index (χ0n) is 12.7. The molecule has 20 heavy (non-hydrogen) atoms. The monoisotopic (exact) mass is 276 g/mol. The van der Waals surface area contributed by atoms with Gasteiger partial charge in [0.1, 0.15) is 13.2 Å². The van der Waals surface area contributed by atoms with Crippen LogP contribution in [0.4, 0.5) is 0 Å². The summed E-state index contributed by atoms with van der Waals surface area (Å²) in [5.41, 5.74) is 0.639. The minimum Gasteiger partial charge on any atom is -0.456 e. The summed E-state index contributed by atoms with van der Waals surface area (Å²) in [5, 5.41) is 0. The van der Waals surface area contributed by atoms with E-state index in [0.717, 1.165) is 16.9 Å². The fourth-order valence-electron chi connectivity index (χ4n) is 2.89. The fourth-order valence-corrected chi connectivity index (χ4v) is 2.89. The van der Waals surface area contributed by atoms with Crippen LogP contribution in [0.25, 0.3) is 0 Å². The number of piperidine rings is 1. The Balaban J connectivity index is 1.74. The Kier molecular flexibility index (Phi) is 5.18. The lowest BCUT2D eigenvalue weighted by molar-refractivity contribution is -0.915. The van der Waals surface area contributed by atoms with E-state index in [1.807, 2.05) is 18.2 Å². The minimum atomic E-state index is -0.208. The molecule has 1 fully saturated rings. The van der Waals surface area contributed by atoms with Crippen molar-refractivity contribution in [3.05, 3.63) is 35.9 Å². The molecule has 1 saturated heterocycles. The van der Waals surface area contributed by atoms with Crippen molar-refractivity contribution >= 4 is 5.97 Å². The number of carbonyl (C=O) groups is 1. The Morgan fingerprint density at radius 1 is 1.25 bits per heavy atom. The van der Waals surface area contributed by atoms with Gasteiger partial charge in [-0.05, 0) is 30.9 Å². The molecule has 0 amide bonds. The predicted molar refractivity (Wildman–Crippen MR) is 80.5 cm³/mol. The van der Waals surface area contributed by atoms with Crippen LogP contribution >= 0.6 is 0 Å². The van der Waals surface area contributed by atoms with Gasteiger partial charge in [0.25, 0.3) is 0 Å². The zero-order valence-corrected chi connectivity index (χ0v) is 12.7. The van der Waals surface area contributed by atoms with E-state index in [2.05, 4.69) is 14.0 Å². The molecule has 1 heterocycles. The summed E-state index contributed by atoms with van der Waals surface area (Å²) in [5.74, 6) is 0.689. The van der Waals surface area contributed by atoms with E-state index in [-0.39, 0.29) is 5.97 Å². The number of esters is 1. The first-order valence-electron chi connectivity index (χ1n) is 7.69. The van der Waals surface area contributed by atoms with E-state index in [0.29, 0.717) is 12.2 Å². The second-order valence-corrected chi connectivity index (χ2v) is 6.14. The number of benzene rings is 1. The molecule has 3 nitrogen and oxygen atoms in total. The predicted octanol–water partition coefficient (Wildman–Crippen LogP) is 3.11. The minimum absolute atomic E-state index is 0.208. The third-order valence-corrected chi connectivity index (χ3v) is 4.61. The lowest BCUT2D eigenvalue weighted by Crippen LogP contribution is -2.51. The van der Waals surface area contributed by atoms with Gasteiger partial charge in [-0.2, -0.15) is 0 Å². The maximum absolute atomic E-state index is 11.9. The summed E-state index contributed by atoms with van der Waals surface area (Å²) < 4.78 is 6.43. The molecule has 0 radical (unpaired) electrons. The third-order valence-electron chi connectivity index (χ3n) is 4.61. The van der Waals surface area contributed by atoms with Gasteiger partial charge in [0.2, 0.25) is 0 Å². The summed E-state index contributed by atoms with van der Waals surface area (Å²) in [6.07, 6.45) is 3.91. The largest absolute Gasteiger partial charge is 0.456 e. The molecule has 0 spiro atoms. The van der Waals surface area contributed by atoms with Crippen LogP contribution < -0.4 is 0 Å². The van der Waals surface area contributed by atoms with E-state index < -0.39 is 0 Å². The van der Waals surface area contributed by atoms with Gasteiger partial charge in [-0.15, -0.1) is 0 Å². The molecule has 0 unspecified atom stereocenters. The molecular weight excluding hydrogens is 250 g/mol. The molecule has 0 aromatic heterocycles. The molecule has 110 valence electrons. The molecule has 0 N–H and O–H groups in total. The number of hydrogen-bond acceptors (Lipinski definition) is 2. The maximum atomic E-state index is 11.9. The second kappa shape index (κ2) is 6.89. The molecule has 0 aliphatic carbocycles. The smallest absolute Gasteiger partial charge is 0.338 e. The summed E-state index contributed by atoms with van der Waals surface area (Å²) in [6.45, 7) is 6.14. The van der Waals surface area contributed by atoms with E-state index in [1.165, 1.54) is 32.4 Å². The second-order valence-electron chi connectivity index (χ2n) is 6.14. The summed E-state index contributed by atoms with van der Waals surface area (Å²) >= 11 is 0. The average molecular weight is 276 g/mol. The highest BCUT2D eigenvalue weighted by molar-refractivity contribution is 5.89. The van der Waals surface area contributed by atoms with Crippen LogP contribution in [0.3, 0.4) is 0 Å². The normalized spacial score (nSPS) is 26.2. The molecule has 2 rings (SSSR count). The van der Waals surface area contributed by atoms with Crippen molar-refractivity contribution in [1.82, 2.24) is 0 Å². The highest BCUT2D eigenvalue weighted by Crippen LogP contribution is 2.23. The fraction of sp³-hybridized carbons (Fsp3) is 0.588. The number of likely N-dealkylation sites (N-methyl/N-ethyl adjacent to an activating group) is 1. The molecule has 0 bridgehead atoms. The van der Waals surface area contributed by atoms with Crippen LogP contribution in [0.5, 0.6) is 0 Å². The number of carbonyl (C=O) groups excluding carboxylic acids is 1. The highest BCUT2D eigenvalue weighted by atomic mass is 16.5. The summed E-state index contributed by atoms with van der Waals surface area (Å²) in [6, 6.07) is 9.22. The quantitative estimate of drug-likeness (QED) is 0.610. The van der Waals surface area contributed by atoms with Gasteiger partial charge < -0.3 is 9.22 Å². The zero-order chi connectivity index (χ0) is 14.4. The van der Waals surface area contributed by atoms with Gasteiger partial charge >= 0.3 is 5.97 Å². The van der Waals surface area contributed by atoms with Crippen LogP contribution in [-0.2, 0) is 4.74 Å². The Bertz CT molecular complexity index is 422. The van der Waals surface area contributed by atoms with Gasteiger partial charge in [0.15, 0.2) is 0 Å². The van der Waals surface area contributed by atoms with Gasteiger partial charge in [0, 0.05) is 0 Å². The summed E-state index contributed by atoms with van der Waals surface area (Å²) in [4.78, 5) is 11.9. The first-order valence-corrected chi connectivity index (χ1v) is 7.69. The Morgan fingerprint density at radius 3 is 2.50 bits per heavy atom. The number of nitrogens with zero attached hydrogens (tertiary/aromatic N) is 1. The van der Waals surface area contributed by atoms with E-state index in [9.17, 15) is 4.79 Å². The van der Waals surface area contributed by atoms with E-state index in [4.69, 9.17) is 4.74 Å². The Morgan fingerprint density at radius 2 is 1.90 bits per heavy atom. The van der Waals surface area contributed by atoms with Gasteiger partial charge in [-0.1, -0.05) is 31.5 Å². The number of likely N-dealkylation sites (tertiary alicyclic amines) is 1. The van der Waals surface area contributed by atoms with Crippen LogP contribution in [-0.4, -0.2) is 43.7 Å². The van der Waals surface area contributed by atoms with Crippen LogP contribution in [0.1, 0.15) is 36.5 Å². The first kappa shape index (κ1) is 15.0. The highest BCUT2D eigenvalue weighted by Gasteiger charge is 2.29. The average Bonchev–Trinajstić information content (AvgIpc) is 2.49. The van der Waals surface area contributed by atoms with Crippen molar-refractivity contribution in [1.29, 1.82) is 0 Å².